The Kier molecular flexibility index (Phi) is 2.87. The predicted octanol–water partition coefficient (Wildman–Crippen LogP) is 4.13. The lowest BCUT2D eigenvalue weighted by Crippen LogP contribution is -1.86. The van der Waals surface area contributed by atoms with Crippen molar-refractivity contribution in [2.45, 2.75) is 13.8 Å². The van der Waals surface area contributed by atoms with E-state index in [1.807, 2.05) is 12.3 Å². The fraction of sp³-hybridized carbons (Fsp3) is 0.154. The van der Waals surface area contributed by atoms with Gasteiger partial charge in [0.05, 0.1) is 0 Å². The number of halogens is 1. The maximum Gasteiger partial charge on any atom is 0.106 e. The summed E-state index contributed by atoms with van der Waals surface area (Å²) in [5.41, 5.74) is 4.98. The third-order valence-corrected chi connectivity index (χ3v) is 2.90. The number of benzene rings is 1. The van der Waals surface area contributed by atoms with Crippen molar-refractivity contribution in [3.8, 4) is 11.1 Å². The Hall–Kier alpha value is -1.15. The van der Waals surface area contributed by atoms with E-state index in [-0.39, 0.29) is 0 Å². The van der Waals surface area contributed by atoms with E-state index in [0.29, 0.717) is 0 Å². The molecule has 0 radical (unpaired) electrons. The first-order chi connectivity index (χ1) is 7.16. The molecule has 0 saturated carbocycles. The van der Waals surface area contributed by atoms with E-state index in [1.165, 1.54) is 22.3 Å². The number of pyridine rings is 1. The Bertz CT molecular complexity index is 474. The summed E-state index contributed by atoms with van der Waals surface area (Å²) >= 11 is 3.34. The molecule has 2 aromatic rings. The highest BCUT2D eigenvalue weighted by atomic mass is 79.9. The molecular weight excluding hydrogens is 250 g/mol. The molecule has 2 rings (SSSR count). The number of nitrogens with zero attached hydrogens (tertiary/aromatic N) is 1. The molecule has 0 amide bonds. The van der Waals surface area contributed by atoms with Crippen molar-refractivity contribution in [2.24, 2.45) is 0 Å². The lowest BCUT2D eigenvalue weighted by molar-refractivity contribution is 1.27. The molecule has 0 aliphatic heterocycles. The number of hydrogen-bond acceptors (Lipinski definition) is 1. The summed E-state index contributed by atoms with van der Waals surface area (Å²) in [6.07, 6.45) is 1.89. The Morgan fingerprint density at radius 2 is 1.87 bits per heavy atom. The minimum Gasteiger partial charge on any atom is -0.249 e. The molecule has 76 valence electrons. The topological polar surface area (TPSA) is 12.9 Å². The van der Waals surface area contributed by atoms with Gasteiger partial charge in [-0.3, -0.25) is 0 Å². The van der Waals surface area contributed by atoms with Gasteiger partial charge in [0.1, 0.15) is 4.60 Å². The van der Waals surface area contributed by atoms with Crippen molar-refractivity contribution >= 4 is 15.9 Å². The van der Waals surface area contributed by atoms with Gasteiger partial charge in [-0.25, -0.2) is 4.98 Å². The van der Waals surface area contributed by atoms with Crippen LogP contribution in [0.3, 0.4) is 0 Å². The van der Waals surface area contributed by atoms with Crippen LogP contribution in [0.5, 0.6) is 0 Å². The zero-order valence-electron chi connectivity index (χ0n) is 8.79. The van der Waals surface area contributed by atoms with Crippen molar-refractivity contribution in [3.63, 3.8) is 0 Å². The molecule has 0 aliphatic rings. The minimum absolute atomic E-state index is 0.872. The number of aryl methyl sites for hydroxylation is 2. The zero-order valence-corrected chi connectivity index (χ0v) is 10.4. The van der Waals surface area contributed by atoms with Crippen LogP contribution in [0.25, 0.3) is 11.1 Å². The van der Waals surface area contributed by atoms with Gasteiger partial charge in [0.2, 0.25) is 0 Å². The van der Waals surface area contributed by atoms with Gasteiger partial charge >= 0.3 is 0 Å². The van der Waals surface area contributed by atoms with Gasteiger partial charge in [-0.15, -0.1) is 0 Å². The van der Waals surface area contributed by atoms with Crippen molar-refractivity contribution in [2.75, 3.05) is 0 Å². The monoisotopic (exact) mass is 261 g/mol. The summed E-state index contributed by atoms with van der Waals surface area (Å²) in [7, 11) is 0. The Morgan fingerprint density at radius 1 is 1.07 bits per heavy atom. The summed E-state index contributed by atoms with van der Waals surface area (Å²) in [4.78, 5) is 4.24. The van der Waals surface area contributed by atoms with Gasteiger partial charge in [0.15, 0.2) is 0 Å². The SMILES string of the molecule is Cc1ccc(C)c(-c2ccc(Br)nc2)c1. The highest BCUT2D eigenvalue weighted by Gasteiger charge is 2.02. The molecule has 0 fully saturated rings. The van der Waals surface area contributed by atoms with Crippen molar-refractivity contribution < 1.29 is 0 Å². The van der Waals surface area contributed by atoms with Crippen LogP contribution in [-0.4, -0.2) is 4.98 Å². The Labute approximate surface area is 98.3 Å². The highest BCUT2D eigenvalue weighted by Crippen LogP contribution is 2.24. The molecule has 2 heteroatoms. The van der Waals surface area contributed by atoms with Crippen LogP contribution in [0.4, 0.5) is 0 Å². The number of aromatic nitrogens is 1. The Morgan fingerprint density at radius 3 is 2.53 bits per heavy atom. The third kappa shape index (κ3) is 2.26. The van der Waals surface area contributed by atoms with E-state index < -0.39 is 0 Å². The lowest BCUT2D eigenvalue weighted by Gasteiger charge is -2.06. The molecule has 1 nitrogen and oxygen atoms in total. The maximum atomic E-state index is 4.24. The Balaban J connectivity index is 2.53. The molecule has 1 heterocycles. The summed E-state index contributed by atoms with van der Waals surface area (Å²) in [5.74, 6) is 0. The van der Waals surface area contributed by atoms with Crippen LogP contribution in [0.1, 0.15) is 11.1 Å². The normalized spacial score (nSPS) is 10.3. The molecule has 0 spiro atoms. The van der Waals surface area contributed by atoms with Crippen molar-refractivity contribution in [3.05, 3.63) is 52.3 Å². The van der Waals surface area contributed by atoms with E-state index in [2.05, 4.69) is 59.0 Å². The third-order valence-electron chi connectivity index (χ3n) is 2.43. The number of hydrogen-bond donors (Lipinski definition) is 0. The molecule has 1 aromatic carbocycles. The second-order valence-electron chi connectivity index (χ2n) is 3.69. The average Bonchev–Trinajstić information content (AvgIpc) is 2.23. The summed E-state index contributed by atoms with van der Waals surface area (Å²) in [5, 5.41) is 0. The van der Waals surface area contributed by atoms with Crippen LogP contribution in [0.2, 0.25) is 0 Å². The minimum atomic E-state index is 0.872. The van der Waals surface area contributed by atoms with Crippen LogP contribution >= 0.6 is 15.9 Å². The second kappa shape index (κ2) is 4.15. The fourth-order valence-corrected chi connectivity index (χ4v) is 1.82. The largest absolute Gasteiger partial charge is 0.249 e. The molecule has 0 unspecified atom stereocenters. The predicted molar refractivity (Wildman–Crippen MR) is 66.8 cm³/mol. The molecule has 0 bridgehead atoms. The smallest absolute Gasteiger partial charge is 0.106 e. The molecule has 0 atom stereocenters. The van der Waals surface area contributed by atoms with Gasteiger partial charge < -0.3 is 0 Å². The fourth-order valence-electron chi connectivity index (χ4n) is 1.58. The van der Waals surface area contributed by atoms with Gasteiger partial charge in [-0.1, -0.05) is 29.8 Å². The first kappa shape index (κ1) is 10.4. The summed E-state index contributed by atoms with van der Waals surface area (Å²) < 4.78 is 0.872. The zero-order chi connectivity index (χ0) is 10.8. The molecule has 0 saturated heterocycles. The van der Waals surface area contributed by atoms with Gasteiger partial charge in [0, 0.05) is 11.8 Å². The molecule has 15 heavy (non-hydrogen) atoms. The second-order valence-corrected chi connectivity index (χ2v) is 4.50. The highest BCUT2D eigenvalue weighted by molar-refractivity contribution is 9.10. The average molecular weight is 262 g/mol. The van der Waals surface area contributed by atoms with Gasteiger partial charge in [0.25, 0.3) is 0 Å². The lowest BCUT2D eigenvalue weighted by atomic mass is 10.00. The van der Waals surface area contributed by atoms with E-state index in [9.17, 15) is 0 Å². The number of rotatable bonds is 1. The van der Waals surface area contributed by atoms with E-state index in [0.717, 1.165) is 4.60 Å². The maximum absolute atomic E-state index is 4.24. The van der Waals surface area contributed by atoms with Crippen LogP contribution in [0.15, 0.2) is 41.1 Å². The van der Waals surface area contributed by atoms with Crippen LogP contribution in [0, 0.1) is 13.8 Å². The first-order valence-electron chi connectivity index (χ1n) is 4.86. The van der Waals surface area contributed by atoms with E-state index in [1.54, 1.807) is 0 Å². The summed E-state index contributed by atoms with van der Waals surface area (Å²) in [6, 6.07) is 10.5. The molecular formula is C13H12BrN. The molecule has 0 N–H and O–H groups in total. The van der Waals surface area contributed by atoms with Gasteiger partial charge in [-0.05, 0) is 47.0 Å². The van der Waals surface area contributed by atoms with E-state index >= 15 is 0 Å². The quantitative estimate of drug-likeness (QED) is 0.704. The van der Waals surface area contributed by atoms with Crippen molar-refractivity contribution in [1.29, 1.82) is 0 Å². The van der Waals surface area contributed by atoms with Crippen molar-refractivity contribution in [1.82, 2.24) is 4.98 Å². The molecule has 0 aliphatic carbocycles. The van der Waals surface area contributed by atoms with Crippen LogP contribution in [-0.2, 0) is 0 Å². The standard InChI is InChI=1S/C13H12BrN/c1-9-3-4-10(2)12(7-9)11-5-6-13(14)15-8-11/h3-8H,1-2H3. The van der Waals surface area contributed by atoms with Crippen LogP contribution < -0.4 is 0 Å². The first-order valence-corrected chi connectivity index (χ1v) is 5.65. The van der Waals surface area contributed by atoms with E-state index in [4.69, 9.17) is 0 Å². The van der Waals surface area contributed by atoms with Gasteiger partial charge in [-0.2, -0.15) is 0 Å². The molecule has 1 aromatic heterocycles. The summed E-state index contributed by atoms with van der Waals surface area (Å²) in [6.45, 7) is 4.23.